The van der Waals surface area contributed by atoms with Crippen LogP contribution in [0.5, 0.6) is 0 Å². The van der Waals surface area contributed by atoms with Crippen LogP contribution in [-0.2, 0) is 6.42 Å². The second-order valence-electron chi connectivity index (χ2n) is 4.21. The second kappa shape index (κ2) is 5.11. The van der Waals surface area contributed by atoms with Crippen molar-refractivity contribution in [2.45, 2.75) is 31.7 Å². The first kappa shape index (κ1) is 11.8. The zero-order valence-electron chi connectivity index (χ0n) is 8.90. The smallest absolute Gasteiger partial charge is 0.142 e. The molecule has 2 rings (SSSR count). The number of benzene rings is 1. The Balaban J connectivity index is 2.11. The average molecular weight is 246 g/mol. The molecule has 4 heteroatoms. The first-order valence-corrected chi connectivity index (χ1v) is 5.91. The number of piperidine rings is 1. The molecule has 88 valence electrons. The maximum absolute atomic E-state index is 13.5. The zero-order valence-corrected chi connectivity index (χ0v) is 9.66. The number of hydrogen-bond acceptors (Lipinski definition) is 1. The maximum Gasteiger partial charge on any atom is 0.142 e. The van der Waals surface area contributed by atoms with E-state index >= 15 is 0 Å². The Morgan fingerprint density at radius 1 is 1.25 bits per heavy atom. The molecule has 0 amide bonds. The average Bonchev–Trinajstić information content (AvgIpc) is 2.27. The van der Waals surface area contributed by atoms with Gasteiger partial charge in [0.05, 0.1) is 5.02 Å². The molecule has 0 spiro atoms. The molecular formula is C12H14ClF2N. The number of hydrogen-bond donors (Lipinski definition) is 1. The van der Waals surface area contributed by atoms with Gasteiger partial charge in [-0.3, -0.25) is 0 Å². The van der Waals surface area contributed by atoms with E-state index in [9.17, 15) is 8.78 Å². The lowest BCUT2D eigenvalue weighted by atomic mass is 9.97. The van der Waals surface area contributed by atoms with Gasteiger partial charge in [-0.1, -0.05) is 18.0 Å². The lowest BCUT2D eigenvalue weighted by molar-refractivity contribution is 0.394. The predicted molar refractivity (Wildman–Crippen MR) is 60.7 cm³/mol. The molecule has 1 unspecified atom stereocenters. The molecule has 1 heterocycles. The van der Waals surface area contributed by atoms with Gasteiger partial charge in [0.1, 0.15) is 11.6 Å². The van der Waals surface area contributed by atoms with Crippen molar-refractivity contribution in [2.75, 3.05) is 6.54 Å². The summed E-state index contributed by atoms with van der Waals surface area (Å²) in [5, 5.41) is 3.15. The topological polar surface area (TPSA) is 12.0 Å². The van der Waals surface area contributed by atoms with E-state index in [0.29, 0.717) is 12.0 Å². The van der Waals surface area contributed by atoms with Crippen LogP contribution >= 0.6 is 11.6 Å². The van der Waals surface area contributed by atoms with Gasteiger partial charge in [0.2, 0.25) is 0 Å². The molecule has 0 radical (unpaired) electrons. The van der Waals surface area contributed by atoms with Crippen LogP contribution in [0.1, 0.15) is 24.8 Å². The third-order valence-electron chi connectivity index (χ3n) is 2.97. The van der Waals surface area contributed by atoms with Gasteiger partial charge in [0.25, 0.3) is 0 Å². The van der Waals surface area contributed by atoms with Crippen LogP contribution in [-0.4, -0.2) is 12.6 Å². The van der Waals surface area contributed by atoms with Crippen molar-refractivity contribution in [1.82, 2.24) is 5.32 Å². The van der Waals surface area contributed by atoms with Crippen molar-refractivity contribution < 1.29 is 8.78 Å². The van der Waals surface area contributed by atoms with Crippen LogP contribution in [0.3, 0.4) is 0 Å². The van der Waals surface area contributed by atoms with Gasteiger partial charge in [0, 0.05) is 6.04 Å². The van der Waals surface area contributed by atoms with E-state index in [0.717, 1.165) is 31.9 Å². The van der Waals surface area contributed by atoms with E-state index < -0.39 is 11.6 Å². The molecule has 1 aromatic rings. The summed E-state index contributed by atoms with van der Waals surface area (Å²) in [4.78, 5) is 0. The Morgan fingerprint density at radius 2 is 2.06 bits per heavy atom. The molecule has 1 fully saturated rings. The van der Waals surface area contributed by atoms with Crippen LogP contribution in [0.25, 0.3) is 0 Å². The van der Waals surface area contributed by atoms with Crippen molar-refractivity contribution in [2.24, 2.45) is 0 Å². The maximum atomic E-state index is 13.5. The summed E-state index contributed by atoms with van der Waals surface area (Å²) in [6.45, 7) is 0.961. The molecule has 0 bridgehead atoms. The molecule has 1 nitrogen and oxygen atoms in total. The predicted octanol–water partition coefficient (Wildman–Crippen LogP) is 3.30. The normalized spacial score (nSPS) is 21.1. The lowest BCUT2D eigenvalue weighted by Gasteiger charge is -2.23. The summed E-state index contributed by atoms with van der Waals surface area (Å²) >= 11 is 5.50. The Labute approximate surface area is 98.8 Å². The van der Waals surface area contributed by atoms with E-state index in [-0.39, 0.29) is 11.1 Å². The van der Waals surface area contributed by atoms with Crippen LogP contribution < -0.4 is 5.32 Å². The van der Waals surface area contributed by atoms with Crippen molar-refractivity contribution in [3.63, 3.8) is 0 Å². The summed E-state index contributed by atoms with van der Waals surface area (Å²) in [6.07, 6.45) is 3.85. The second-order valence-corrected chi connectivity index (χ2v) is 4.62. The standard InChI is InChI=1S/C12H14ClF2N/c13-10-7-11(14)8(6-12(10)15)5-9-3-1-2-4-16-9/h6-7,9,16H,1-5H2. The zero-order chi connectivity index (χ0) is 11.5. The van der Waals surface area contributed by atoms with Gasteiger partial charge in [-0.2, -0.15) is 0 Å². The molecule has 1 atom stereocenters. The van der Waals surface area contributed by atoms with Crippen molar-refractivity contribution in [3.8, 4) is 0 Å². The number of halogens is 3. The van der Waals surface area contributed by atoms with Crippen LogP contribution in [0.2, 0.25) is 5.02 Å². The van der Waals surface area contributed by atoms with E-state index in [1.807, 2.05) is 0 Å². The molecule has 1 N–H and O–H groups in total. The van der Waals surface area contributed by atoms with Crippen LogP contribution in [0, 0.1) is 11.6 Å². The van der Waals surface area contributed by atoms with E-state index in [4.69, 9.17) is 11.6 Å². The first-order valence-electron chi connectivity index (χ1n) is 5.53. The van der Waals surface area contributed by atoms with Gasteiger partial charge in [-0.25, -0.2) is 8.78 Å². The Morgan fingerprint density at radius 3 is 2.75 bits per heavy atom. The largest absolute Gasteiger partial charge is 0.314 e. The lowest BCUT2D eigenvalue weighted by Crippen LogP contribution is -2.35. The van der Waals surface area contributed by atoms with Gasteiger partial charge < -0.3 is 5.32 Å². The third kappa shape index (κ3) is 2.71. The highest BCUT2D eigenvalue weighted by atomic mass is 35.5. The van der Waals surface area contributed by atoms with Crippen molar-refractivity contribution >= 4 is 11.6 Å². The molecule has 0 aromatic heterocycles. The quantitative estimate of drug-likeness (QED) is 0.789. The van der Waals surface area contributed by atoms with Gasteiger partial charge >= 0.3 is 0 Å². The Kier molecular flexibility index (Phi) is 3.77. The van der Waals surface area contributed by atoms with E-state index in [1.54, 1.807) is 0 Å². The highest BCUT2D eigenvalue weighted by molar-refractivity contribution is 6.30. The SMILES string of the molecule is Fc1cc(CC2CCCCN2)c(F)cc1Cl. The summed E-state index contributed by atoms with van der Waals surface area (Å²) in [7, 11) is 0. The van der Waals surface area contributed by atoms with E-state index in [1.165, 1.54) is 6.07 Å². The molecule has 1 saturated heterocycles. The minimum Gasteiger partial charge on any atom is -0.314 e. The van der Waals surface area contributed by atoms with Gasteiger partial charge in [-0.05, 0) is 43.5 Å². The fourth-order valence-electron chi connectivity index (χ4n) is 2.08. The molecule has 16 heavy (non-hydrogen) atoms. The number of rotatable bonds is 2. The Hall–Kier alpha value is -0.670. The third-order valence-corrected chi connectivity index (χ3v) is 3.26. The minimum absolute atomic E-state index is 0.155. The summed E-state index contributed by atoms with van der Waals surface area (Å²) < 4.78 is 26.7. The monoisotopic (exact) mass is 245 g/mol. The summed E-state index contributed by atoms with van der Waals surface area (Å²) in [6, 6.07) is 2.51. The van der Waals surface area contributed by atoms with Crippen LogP contribution in [0.15, 0.2) is 12.1 Å². The molecule has 0 saturated carbocycles. The van der Waals surface area contributed by atoms with Gasteiger partial charge in [-0.15, -0.1) is 0 Å². The summed E-state index contributed by atoms with van der Waals surface area (Å²) in [5.74, 6) is -0.965. The Bertz CT molecular complexity index is 376. The summed E-state index contributed by atoms with van der Waals surface area (Å²) in [5.41, 5.74) is 0.404. The van der Waals surface area contributed by atoms with Crippen LogP contribution in [0.4, 0.5) is 8.78 Å². The van der Waals surface area contributed by atoms with Gasteiger partial charge in [0.15, 0.2) is 0 Å². The molecule has 1 aromatic carbocycles. The fraction of sp³-hybridized carbons (Fsp3) is 0.500. The molecule has 1 aliphatic heterocycles. The molecular weight excluding hydrogens is 232 g/mol. The number of nitrogens with one attached hydrogen (secondary N) is 1. The minimum atomic E-state index is -0.547. The molecule has 1 aliphatic rings. The highest BCUT2D eigenvalue weighted by Gasteiger charge is 2.16. The fourth-order valence-corrected chi connectivity index (χ4v) is 2.23. The first-order chi connectivity index (χ1) is 7.66. The van der Waals surface area contributed by atoms with E-state index in [2.05, 4.69) is 5.32 Å². The van der Waals surface area contributed by atoms with Crippen molar-refractivity contribution in [3.05, 3.63) is 34.4 Å². The van der Waals surface area contributed by atoms with Crippen molar-refractivity contribution in [1.29, 1.82) is 0 Å². The highest BCUT2D eigenvalue weighted by Crippen LogP contribution is 2.21. The molecule has 0 aliphatic carbocycles.